The summed E-state index contributed by atoms with van der Waals surface area (Å²) in [6.07, 6.45) is 5.40. The number of hydrogen-bond donors (Lipinski definition) is 4. The van der Waals surface area contributed by atoms with E-state index in [1.807, 2.05) is 30.3 Å². The zero-order valence-electron chi connectivity index (χ0n) is 15.6. The number of aromatic amines is 1. The van der Waals surface area contributed by atoms with E-state index in [1.54, 1.807) is 0 Å². The van der Waals surface area contributed by atoms with Gasteiger partial charge in [-0.25, -0.2) is 0 Å². The van der Waals surface area contributed by atoms with Crippen LogP contribution in [0.15, 0.2) is 36.4 Å². The molecule has 0 unspecified atom stereocenters. The van der Waals surface area contributed by atoms with Crippen molar-refractivity contribution in [3.8, 4) is 5.75 Å². The molecule has 5 nitrogen and oxygen atoms in total. The second-order valence-corrected chi connectivity index (χ2v) is 7.13. The van der Waals surface area contributed by atoms with Crippen LogP contribution in [-0.2, 0) is 19.3 Å². The molecular weight excluding hydrogens is 338 g/mol. The van der Waals surface area contributed by atoms with E-state index in [9.17, 15) is 5.11 Å². The summed E-state index contributed by atoms with van der Waals surface area (Å²) in [5, 5.41) is 13.8. The molecule has 1 aliphatic carbocycles. The number of aliphatic hydroxyl groups is 1. The van der Waals surface area contributed by atoms with E-state index in [-0.39, 0.29) is 6.61 Å². The zero-order valence-corrected chi connectivity index (χ0v) is 15.6. The second kappa shape index (κ2) is 7.92. The average molecular weight is 365 g/mol. The van der Waals surface area contributed by atoms with Gasteiger partial charge in [0.15, 0.2) is 0 Å². The van der Waals surface area contributed by atoms with Gasteiger partial charge in [-0.05, 0) is 55.4 Å². The summed E-state index contributed by atoms with van der Waals surface area (Å²) in [6, 6.07) is 12.1. The molecular formula is C22H27N3O2. The Bertz CT molecular complexity index is 933. The lowest BCUT2D eigenvalue weighted by molar-refractivity contribution is 0.299. The van der Waals surface area contributed by atoms with Gasteiger partial charge in [-0.15, -0.1) is 0 Å². The highest BCUT2D eigenvalue weighted by molar-refractivity contribution is 5.90. The van der Waals surface area contributed by atoms with Crippen molar-refractivity contribution in [3.05, 3.63) is 53.2 Å². The molecule has 3 aromatic rings. The van der Waals surface area contributed by atoms with Gasteiger partial charge in [-0.1, -0.05) is 18.2 Å². The number of H-pyrrole nitrogens is 1. The van der Waals surface area contributed by atoms with Crippen molar-refractivity contribution >= 4 is 22.3 Å². The van der Waals surface area contributed by atoms with E-state index in [0.717, 1.165) is 35.4 Å². The lowest BCUT2D eigenvalue weighted by atomic mass is 9.95. The predicted molar refractivity (Wildman–Crippen MR) is 111 cm³/mol. The molecule has 1 heterocycles. The monoisotopic (exact) mass is 365 g/mol. The Kier molecular flexibility index (Phi) is 5.21. The first-order chi connectivity index (χ1) is 13.3. The number of aromatic nitrogens is 1. The van der Waals surface area contributed by atoms with Crippen molar-refractivity contribution in [1.29, 1.82) is 0 Å². The summed E-state index contributed by atoms with van der Waals surface area (Å²) < 4.78 is 5.94. The lowest BCUT2D eigenvalue weighted by Gasteiger charge is -2.13. The summed E-state index contributed by atoms with van der Waals surface area (Å²) in [7, 11) is 0. The standard InChI is InChI=1S/C22H27N3O2/c23-18-13-17-16-6-2-4-8-20(16)25-21(17)14-22(18)27-12-10-24-19-7-3-1-5-15(19)9-11-26/h1,3,5,7,13-14,24-26H,2,4,6,8-12,23H2. The van der Waals surface area contributed by atoms with Crippen LogP contribution in [0.3, 0.4) is 0 Å². The van der Waals surface area contributed by atoms with Crippen LogP contribution in [0.5, 0.6) is 5.75 Å². The van der Waals surface area contributed by atoms with Crippen LogP contribution in [0.4, 0.5) is 11.4 Å². The molecule has 0 saturated carbocycles. The number of hydrogen-bond acceptors (Lipinski definition) is 4. The average Bonchev–Trinajstić information content (AvgIpc) is 3.04. The molecule has 0 saturated heterocycles. The van der Waals surface area contributed by atoms with Gasteiger partial charge >= 0.3 is 0 Å². The molecule has 0 spiro atoms. The molecule has 142 valence electrons. The quantitative estimate of drug-likeness (QED) is 0.380. The molecule has 0 amide bonds. The van der Waals surface area contributed by atoms with Crippen LogP contribution in [0.25, 0.3) is 10.9 Å². The third-order valence-corrected chi connectivity index (χ3v) is 5.30. The Hall–Kier alpha value is -2.66. The van der Waals surface area contributed by atoms with Crippen molar-refractivity contribution in [2.75, 3.05) is 30.8 Å². The predicted octanol–water partition coefficient (Wildman–Crippen LogP) is 3.65. The fourth-order valence-electron chi connectivity index (χ4n) is 3.96. The molecule has 0 atom stereocenters. The van der Waals surface area contributed by atoms with Crippen LogP contribution >= 0.6 is 0 Å². The van der Waals surface area contributed by atoms with Crippen LogP contribution in [0, 0.1) is 0 Å². The Morgan fingerprint density at radius 1 is 1.15 bits per heavy atom. The number of nitrogens with two attached hydrogens (primary N) is 1. The topological polar surface area (TPSA) is 83.3 Å². The van der Waals surface area contributed by atoms with Crippen molar-refractivity contribution in [2.45, 2.75) is 32.1 Å². The number of nitrogen functional groups attached to an aromatic ring is 1. The molecule has 5 N–H and O–H groups in total. The van der Waals surface area contributed by atoms with E-state index >= 15 is 0 Å². The van der Waals surface area contributed by atoms with Crippen molar-refractivity contribution < 1.29 is 9.84 Å². The van der Waals surface area contributed by atoms with Crippen LogP contribution < -0.4 is 15.8 Å². The Labute approximate surface area is 159 Å². The van der Waals surface area contributed by atoms with Crippen LogP contribution in [-0.4, -0.2) is 29.8 Å². The number of nitrogens with one attached hydrogen (secondary N) is 2. The summed E-state index contributed by atoms with van der Waals surface area (Å²) in [5.74, 6) is 0.728. The maximum atomic E-state index is 9.17. The van der Waals surface area contributed by atoms with Gasteiger partial charge in [0.05, 0.1) is 5.69 Å². The molecule has 0 aliphatic heterocycles. The van der Waals surface area contributed by atoms with Gasteiger partial charge in [0.1, 0.15) is 12.4 Å². The van der Waals surface area contributed by atoms with Gasteiger partial charge in [0, 0.05) is 41.5 Å². The second-order valence-electron chi connectivity index (χ2n) is 7.13. The first-order valence-corrected chi connectivity index (χ1v) is 9.74. The molecule has 0 radical (unpaired) electrons. The van der Waals surface area contributed by atoms with Gasteiger partial charge in [0.25, 0.3) is 0 Å². The Balaban J connectivity index is 1.41. The third-order valence-electron chi connectivity index (χ3n) is 5.30. The number of fused-ring (bicyclic) bond motifs is 3. The third kappa shape index (κ3) is 3.74. The fourth-order valence-corrected chi connectivity index (χ4v) is 3.96. The minimum atomic E-state index is 0.145. The highest BCUT2D eigenvalue weighted by atomic mass is 16.5. The minimum absolute atomic E-state index is 0.145. The molecule has 2 aromatic carbocycles. The molecule has 0 bridgehead atoms. The van der Waals surface area contributed by atoms with Crippen molar-refractivity contribution in [2.24, 2.45) is 0 Å². The van der Waals surface area contributed by atoms with Gasteiger partial charge in [-0.3, -0.25) is 0 Å². The number of aliphatic hydroxyl groups excluding tert-OH is 1. The van der Waals surface area contributed by atoms with E-state index < -0.39 is 0 Å². The van der Waals surface area contributed by atoms with Gasteiger partial charge < -0.3 is 25.9 Å². The van der Waals surface area contributed by atoms with Gasteiger partial charge in [-0.2, -0.15) is 0 Å². The smallest absolute Gasteiger partial charge is 0.144 e. The number of aryl methyl sites for hydroxylation is 2. The van der Waals surface area contributed by atoms with Crippen LogP contribution in [0.1, 0.15) is 29.7 Å². The number of para-hydroxylation sites is 1. The van der Waals surface area contributed by atoms with Crippen LogP contribution in [0.2, 0.25) is 0 Å². The largest absolute Gasteiger partial charge is 0.490 e. The first-order valence-electron chi connectivity index (χ1n) is 9.74. The lowest BCUT2D eigenvalue weighted by Crippen LogP contribution is -2.13. The number of rotatable bonds is 7. The molecule has 0 fully saturated rings. The maximum absolute atomic E-state index is 9.17. The molecule has 27 heavy (non-hydrogen) atoms. The summed E-state index contributed by atoms with van der Waals surface area (Å²) in [4.78, 5) is 3.55. The highest BCUT2D eigenvalue weighted by Gasteiger charge is 2.17. The van der Waals surface area contributed by atoms with E-state index in [1.165, 1.54) is 29.5 Å². The van der Waals surface area contributed by atoms with E-state index in [4.69, 9.17) is 10.5 Å². The minimum Gasteiger partial charge on any atom is -0.490 e. The highest BCUT2D eigenvalue weighted by Crippen LogP contribution is 2.34. The summed E-state index contributed by atoms with van der Waals surface area (Å²) in [5.41, 5.74) is 13.0. The molecule has 4 rings (SSSR count). The first kappa shape index (κ1) is 17.7. The number of benzene rings is 2. The Morgan fingerprint density at radius 3 is 2.89 bits per heavy atom. The normalized spacial score (nSPS) is 13.5. The van der Waals surface area contributed by atoms with E-state index in [0.29, 0.717) is 25.3 Å². The summed E-state index contributed by atoms with van der Waals surface area (Å²) in [6.45, 7) is 1.33. The van der Waals surface area contributed by atoms with Crippen molar-refractivity contribution in [3.63, 3.8) is 0 Å². The Morgan fingerprint density at radius 2 is 2.00 bits per heavy atom. The molecule has 1 aromatic heterocycles. The molecule has 5 heteroatoms. The molecule has 1 aliphatic rings. The van der Waals surface area contributed by atoms with Gasteiger partial charge in [0.2, 0.25) is 0 Å². The maximum Gasteiger partial charge on any atom is 0.144 e. The fraction of sp³-hybridized carbons (Fsp3) is 0.364. The zero-order chi connectivity index (χ0) is 18.6. The number of anilines is 2. The SMILES string of the molecule is Nc1cc2c3c([nH]c2cc1OCCNc1ccccc1CCO)CCCC3. The van der Waals surface area contributed by atoms with E-state index in [2.05, 4.69) is 16.4 Å². The van der Waals surface area contributed by atoms with Crippen molar-refractivity contribution in [1.82, 2.24) is 4.98 Å². The number of ether oxygens (including phenoxy) is 1. The summed E-state index contributed by atoms with van der Waals surface area (Å²) >= 11 is 0.